The van der Waals surface area contributed by atoms with Crippen molar-refractivity contribution in [3.63, 3.8) is 0 Å². The van der Waals surface area contributed by atoms with Gasteiger partial charge in [0.1, 0.15) is 5.82 Å². The van der Waals surface area contributed by atoms with Crippen molar-refractivity contribution in [3.8, 4) is 0 Å². The minimum absolute atomic E-state index is 0.110. The van der Waals surface area contributed by atoms with E-state index in [2.05, 4.69) is 28.2 Å². The third-order valence-corrected chi connectivity index (χ3v) is 3.64. The first-order chi connectivity index (χ1) is 8.62. The van der Waals surface area contributed by atoms with Gasteiger partial charge in [0.2, 0.25) is 0 Å². The summed E-state index contributed by atoms with van der Waals surface area (Å²) in [5.74, 6) is -0.162. The zero-order chi connectivity index (χ0) is 13.5. The van der Waals surface area contributed by atoms with Gasteiger partial charge in [0.25, 0.3) is 0 Å². The van der Waals surface area contributed by atoms with Crippen LogP contribution in [-0.4, -0.2) is 26.3 Å². The van der Waals surface area contributed by atoms with E-state index in [-0.39, 0.29) is 18.0 Å². The van der Waals surface area contributed by atoms with Crippen LogP contribution in [0.3, 0.4) is 0 Å². The molecule has 18 heavy (non-hydrogen) atoms. The first-order valence-electron chi connectivity index (χ1n) is 6.26. The Morgan fingerprint density at radius 2 is 2.17 bits per heavy atom. The van der Waals surface area contributed by atoms with Crippen molar-refractivity contribution in [1.82, 2.24) is 5.32 Å². The van der Waals surface area contributed by atoms with E-state index in [4.69, 9.17) is 4.74 Å². The molecule has 1 rings (SSSR count). The van der Waals surface area contributed by atoms with Crippen LogP contribution >= 0.6 is 15.9 Å². The highest BCUT2D eigenvalue weighted by Crippen LogP contribution is 2.19. The standard InChI is InChI=1S/C14H21BrFNO/c1-4-5-14(18-3)13(17-2)9-10-8-11(15)6-7-12(10)16/h6-8,13-14,17H,4-5,9H2,1-3H3. The summed E-state index contributed by atoms with van der Waals surface area (Å²) < 4.78 is 20.1. The van der Waals surface area contributed by atoms with E-state index >= 15 is 0 Å². The van der Waals surface area contributed by atoms with Crippen molar-refractivity contribution in [2.45, 2.75) is 38.3 Å². The molecule has 0 aliphatic carbocycles. The number of nitrogens with one attached hydrogen (secondary N) is 1. The van der Waals surface area contributed by atoms with Gasteiger partial charge in [-0.2, -0.15) is 0 Å². The monoisotopic (exact) mass is 317 g/mol. The number of likely N-dealkylation sites (N-methyl/N-ethyl adjacent to an activating group) is 1. The Morgan fingerprint density at radius 1 is 1.44 bits per heavy atom. The average Bonchev–Trinajstić information content (AvgIpc) is 2.37. The van der Waals surface area contributed by atoms with Crippen molar-refractivity contribution >= 4 is 15.9 Å². The molecule has 2 nitrogen and oxygen atoms in total. The molecule has 0 saturated heterocycles. The lowest BCUT2D eigenvalue weighted by Crippen LogP contribution is -2.40. The predicted molar refractivity (Wildman–Crippen MR) is 76.4 cm³/mol. The summed E-state index contributed by atoms with van der Waals surface area (Å²) in [5.41, 5.74) is 0.710. The first-order valence-corrected chi connectivity index (χ1v) is 7.05. The van der Waals surface area contributed by atoms with E-state index in [1.54, 1.807) is 13.2 Å². The molecule has 1 aromatic rings. The fourth-order valence-corrected chi connectivity index (χ4v) is 2.53. The summed E-state index contributed by atoms with van der Waals surface area (Å²) in [6.45, 7) is 2.12. The lowest BCUT2D eigenvalue weighted by atomic mass is 9.98. The van der Waals surface area contributed by atoms with Crippen LogP contribution < -0.4 is 5.32 Å². The van der Waals surface area contributed by atoms with Crippen LogP contribution in [0.15, 0.2) is 22.7 Å². The zero-order valence-corrected chi connectivity index (χ0v) is 12.8. The van der Waals surface area contributed by atoms with Gasteiger partial charge in [-0.25, -0.2) is 4.39 Å². The number of ether oxygens (including phenoxy) is 1. The minimum Gasteiger partial charge on any atom is -0.380 e. The molecule has 0 saturated carbocycles. The van der Waals surface area contributed by atoms with Gasteiger partial charge in [-0.15, -0.1) is 0 Å². The molecule has 0 fully saturated rings. The molecule has 102 valence electrons. The molecule has 0 aromatic heterocycles. The summed E-state index contributed by atoms with van der Waals surface area (Å²) in [7, 11) is 3.60. The van der Waals surface area contributed by atoms with Crippen molar-refractivity contribution in [1.29, 1.82) is 0 Å². The molecule has 0 aliphatic heterocycles. The number of rotatable bonds is 7. The van der Waals surface area contributed by atoms with E-state index < -0.39 is 0 Å². The molecule has 1 aromatic carbocycles. The quantitative estimate of drug-likeness (QED) is 0.830. The molecular formula is C14H21BrFNO. The van der Waals surface area contributed by atoms with Gasteiger partial charge >= 0.3 is 0 Å². The third-order valence-electron chi connectivity index (χ3n) is 3.14. The summed E-state index contributed by atoms with van der Waals surface area (Å²) in [6, 6.07) is 5.16. The Hall–Kier alpha value is -0.450. The molecule has 0 radical (unpaired) electrons. The molecule has 0 bridgehead atoms. The summed E-state index contributed by atoms with van der Waals surface area (Å²) >= 11 is 3.37. The van der Waals surface area contributed by atoms with Crippen LogP contribution in [0.2, 0.25) is 0 Å². The number of halogens is 2. The Balaban J connectivity index is 2.81. The molecule has 4 heteroatoms. The smallest absolute Gasteiger partial charge is 0.126 e. The second-order valence-electron chi connectivity index (χ2n) is 4.40. The van der Waals surface area contributed by atoms with E-state index in [0.717, 1.165) is 17.3 Å². The van der Waals surface area contributed by atoms with E-state index in [9.17, 15) is 4.39 Å². The van der Waals surface area contributed by atoms with Crippen LogP contribution in [-0.2, 0) is 11.2 Å². The lowest BCUT2D eigenvalue weighted by molar-refractivity contribution is 0.0630. The maximum absolute atomic E-state index is 13.7. The SMILES string of the molecule is CCCC(OC)C(Cc1cc(Br)ccc1F)NC. The summed E-state index contributed by atoms with van der Waals surface area (Å²) in [4.78, 5) is 0. The van der Waals surface area contributed by atoms with Crippen molar-refractivity contribution in [2.75, 3.05) is 14.2 Å². The van der Waals surface area contributed by atoms with Crippen molar-refractivity contribution < 1.29 is 9.13 Å². The number of benzene rings is 1. The maximum Gasteiger partial charge on any atom is 0.126 e. The van der Waals surface area contributed by atoms with Gasteiger partial charge in [0.15, 0.2) is 0 Å². The first kappa shape index (κ1) is 15.6. The van der Waals surface area contributed by atoms with Crippen LogP contribution in [0.4, 0.5) is 4.39 Å². The van der Waals surface area contributed by atoms with Crippen molar-refractivity contribution in [3.05, 3.63) is 34.1 Å². The summed E-state index contributed by atoms with van der Waals surface area (Å²) in [6.07, 6.45) is 2.76. The normalized spacial score (nSPS) is 14.5. The van der Waals surface area contributed by atoms with Crippen LogP contribution in [0.25, 0.3) is 0 Å². The molecule has 0 aliphatic rings. The van der Waals surface area contributed by atoms with Crippen LogP contribution in [0.5, 0.6) is 0 Å². The Labute approximate surface area is 117 Å². The highest BCUT2D eigenvalue weighted by molar-refractivity contribution is 9.10. The Bertz CT molecular complexity index is 373. The van der Waals surface area contributed by atoms with Gasteiger partial charge in [-0.05, 0) is 43.7 Å². The van der Waals surface area contributed by atoms with E-state index in [1.165, 1.54) is 6.07 Å². The number of hydrogen-bond donors (Lipinski definition) is 1. The van der Waals surface area contributed by atoms with Crippen LogP contribution in [0, 0.1) is 5.82 Å². The molecule has 2 unspecified atom stereocenters. The summed E-state index contributed by atoms with van der Waals surface area (Å²) in [5, 5.41) is 3.23. The van der Waals surface area contributed by atoms with E-state index in [0.29, 0.717) is 12.0 Å². The number of methoxy groups -OCH3 is 1. The molecular weight excluding hydrogens is 297 g/mol. The molecule has 0 amide bonds. The van der Waals surface area contributed by atoms with Crippen molar-refractivity contribution in [2.24, 2.45) is 0 Å². The molecule has 0 heterocycles. The Morgan fingerprint density at radius 3 is 2.72 bits per heavy atom. The molecule has 1 N–H and O–H groups in total. The molecule has 0 spiro atoms. The predicted octanol–water partition coefficient (Wildman–Crippen LogP) is 3.53. The largest absolute Gasteiger partial charge is 0.380 e. The topological polar surface area (TPSA) is 21.3 Å². The maximum atomic E-state index is 13.7. The second kappa shape index (κ2) is 7.87. The third kappa shape index (κ3) is 4.34. The van der Waals surface area contributed by atoms with Gasteiger partial charge in [-0.1, -0.05) is 29.3 Å². The van der Waals surface area contributed by atoms with Gasteiger partial charge in [-0.3, -0.25) is 0 Å². The Kier molecular flexibility index (Phi) is 6.82. The van der Waals surface area contributed by atoms with Crippen LogP contribution in [0.1, 0.15) is 25.3 Å². The zero-order valence-electron chi connectivity index (χ0n) is 11.2. The second-order valence-corrected chi connectivity index (χ2v) is 5.31. The fourth-order valence-electron chi connectivity index (χ4n) is 2.12. The van der Waals surface area contributed by atoms with Gasteiger partial charge < -0.3 is 10.1 Å². The highest BCUT2D eigenvalue weighted by Gasteiger charge is 2.20. The number of hydrogen-bond acceptors (Lipinski definition) is 2. The fraction of sp³-hybridized carbons (Fsp3) is 0.571. The van der Waals surface area contributed by atoms with E-state index in [1.807, 2.05) is 13.1 Å². The van der Waals surface area contributed by atoms with Gasteiger partial charge in [0, 0.05) is 17.6 Å². The minimum atomic E-state index is -0.162. The lowest BCUT2D eigenvalue weighted by Gasteiger charge is -2.25. The average molecular weight is 318 g/mol. The molecule has 2 atom stereocenters. The highest BCUT2D eigenvalue weighted by atomic mass is 79.9. The van der Waals surface area contributed by atoms with Gasteiger partial charge in [0.05, 0.1) is 6.10 Å².